The van der Waals surface area contributed by atoms with Crippen molar-refractivity contribution in [2.24, 2.45) is 0 Å². The van der Waals surface area contributed by atoms with Gasteiger partial charge in [-0.3, -0.25) is 4.79 Å². The summed E-state index contributed by atoms with van der Waals surface area (Å²) in [6, 6.07) is 18.1. The maximum atomic E-state index is 11.2. The minimum Gasteiger partial charge on any atom is -0.493 e. The zero-order chi connectivity index (χ0) is 22.3. The Morgan fingerprint density at radius 2 is 1.81 bits per heavy atom. The number of anilines is 1. The van der Waals surface area contributed by atoms with Gasteiger partial charge in [0, 0.05) is 43.3 Å². The van der Waals surface area contributed by atoms with Crippen molar-refractivity contribution in [2.75, 3.05) is 12.4 Å². The van der Waals surface area contributed by atoms with Crippen LogP contribution in [0.3, 0.4) is 0 Å². The third-order valence-corrected chi connectivity index (χ3v) is 5.76. The Morgan fingerprint density at radius 3 is 2.53 bits per heavy atom. The quantitative estimate of drug-likeness (QED) is 0.495. The molecule has 1 aromatic heterocycles. The molecule has 1 heterocycles. The molecule has 0 bridgehead atoms. The van der Waals surface area contributed by atoms with Crippen molar-refractivity contribution < 1.29 is 14.3 Å². The summed E-state index contributed by atoms with van der Waals surface area (Å²) in [5, 5.41) is 6.34. The average molecular weight is 434 g/mol. The molecule has 32 heavy (non-hydrogen) atoms. The highest BCUT2D eigenvalue weighted by Gasteiger charge is 2.18. The van der Waals surface area contributed by atoms with Crippen LogP contribution in [-0.2, 0) is 17.9 Å². The summed E-state index contributed by atoms with van der Waals surface area (Å²) in [5.74, 6) is 1.55. The number of nitrogens with zero attached hydrogens (tertiary/aromatic N) is 1. The molecule has 1 aliphatic carbocycles. The van der Waals surface area contributed by atoms with Crippen molar-refractivity contribution in [3.05, 3.63) is 72.1 Å². The number of amides is 1. The van der Waals surface area contributed by atoms with Crippen LogP contribution in [0.15, 0.2) is 60.8 Å². The Balaban J connectivity index is 1.38. The van der Waals surface area contributed by atoms with Crippen LogP contribution in [0.4, 0.5) is 5.69 Å². The van der Waals surface area contributed by atoms with Crippen LogP contribution in [0.5, 0.6) is 11.5 Å². The van der Waals surface area contributed by atoms with Gasteiger partial charge in [0.2, 0.25) is 5.91 Å². The Labute approximate surface area is 189 Å². The van der Waals surface area contributed by atoms with Crippen molar-refractivity contribution in [3.63, 3.8) is 0 Å². The first-order valence-corrected chi connectivity index (χ1v) is 11.2. The van der Waals surface area contributed by atoms with Crippen LogP contribution < -0.4 is 20.1 Å². The fraction of sp³-hybridized carbons (Fsp3) is 0.346. The van der Waals surface area contributed by atoms with Gasteiger partial charge in [0.1, 0.15) is 0 Å². The highest BCUT2D eigenvalue weighted by molar-refractivity contribution is 5.88. The molecular formula is C26H31N3O3. The van der Waals surface area contributed by atoms with Gasteiger partial charge in [0.05, 0.1) is 13.2 Å². The smallest absolute Gasteiger partial charge is 0.221 e. The Kier molecular flexibility index (Phi) is 7.12. The zero-order valence-corrected chi connectivity index (χ0v) is 18.8. The van der Waals surface area contributed by atoms with Gasteiger partial charge in [-0.1, -0.05) is 6.07 Å². The van der Waals surface area contributed by atoms with E-state index in [1.54, 1.807) is 7.11 Å². The molecule has 0 unspecified atom stereocenters. The second-order valence-corrected chi connectivity index (χ2v) is 8.21. The second kappa shape index (κ2) is 10.4. The molecule has 1 fully saturated rings. The molecule has 2 aromatic carbocycles. The van der Waals surface area contributed by atoms with Crippen LogP contribution in [-0.4, -0.2) is 23.7 Å². The third-order valence-electron chi connectivity index (χ3n) is 5.76. The van der Waals surface area contributed by atoms with Crippen LogP contribution in [0, 0.1) is 0 Å². The number of hydrogen-bond acceptors (Lipinski definition) is 4. The SMILES string of the molecule is COc1ccc(CNCc2cccn2-c2ccc(NC(C)=O)cc2)cc1OC1CCCC1. The van der Waals surface area contributed by atoms with Gasteiger partial charge in [-0.25, -0.2) is 0 Å². The molecular weight excluding hydrogens is 402 g/mol. The topological polar surface area (TPSA) is 64.5 Å². The van der Waals surface area contributed by atoms with Crippen molar-refractivity contribution >= 4 is 11.6 Å². The predicted octanol–water partition coefficient (Wildman–Crippen LogP) is 5.06. The summed E-state index contributed by atoms with van der Waals surface area (Å²) in [6.07, 6.45) is 7.06. The Bertz CT molecular complexity index is 1040. The lowest BCUT2D eigenvalue weighted by molar-refractivity contribution is -0.114. The number of ether oxygens (including phenoxy) is 2. The van der Waals surface area contributed by atoms with Gasteiger partial charge in [0.15, 0.2) is 11.5 Å². The maximum Gasteiger partial charge on any atom is 0.221 e. The van der Waals surface area contributed by atoms with Gasteiger partial charge in [0.25, 0.3) is 0 Å². The van der Waals surface area contributed by atoms with Crippen molar-refractivity contribution in [1.29, 1.82) is 0 Å². The number of carbonyl (C=O) groups excluding carboxylic acids is 1. The molecule has 0 aliphatic heterocycles. The van der Waals surface area contributed by atoms with E-state index >= 15 is 0 Å². The van der Waals surface area contributed by atoms with Gasteiger partial charge in [-0.2, -0.15) is 0 Å². The molecule has 0 saturated heterocycles. The highest BCUT2D eigenvalue weighted by Crippen LogP contribution is 2.32. The molecule has 1 aliphatic rings. The fourth-order valence-corrected chi connectivity index (χ4v) is 4.16. The minimum atomic E-state index is -0.0704. The van der Waals surface area contributed by atoms with E-state index in [9.17, 15) is 4.79 Å². The molecule has 168 valence electrons. The predicted molar refractivity (Wildman–Crippen MR) is 126 cm³/mol. The lowest BCUT2D eigenvalue weighted by Gasteiger charge is -2.17. The standard InChI is InChI=1S/C26H31N3O3/c1-19(30)28-21-10-12-22(13-11-21)29-15-5-6-23(29)18-27-17-20-9-14-25(31-2)26(16-20)32-24-7-3-4-8-24/h5-6,9-16,24,27H,3-4,7-8,17-18H2,1-2H3,(H,28,30). The molecule has 0 radical (unpaired) electrons. The van der Waals surface area contributed by atoms with E-state index < -0.39 is 0 Å². The molecule has 2 N–H and O–H groups in total. The van der Waals surface area contributed by atoms with Crippen LogP contribution in [0.25, 0.3) is 5.69 Å². The number of aromatic nitrogens is 1. The number of rotatable bonds is 9. The molecule has 0 atom stereocenters. The minimum absolute atomic E-state index is 0.0704. The van der Waals surface area contributed by atoms with Crippen molar-refractivity contribution in [2.45, 2.75) is 51.8 Å². The zero-order valence-electron chi connectivity index (χ0n) is 18.8. The van der Waals surface area contributed by atoms with Crippen molar-refractivity contribution in [1.82, 2.24) is 9.88 Å². The van der Waals surface area contributed by atoms with Gasteiger partial charge >= 0.3 is 0 Å². The van der Waals surface area contributed by atoms with E-state index in [4.69, 9.17) is 9.47 Å². The van der Waals surface area contributed by atoms with E-state index in [1.807, 2.05) is 42.6 Å². The first-order chi connectivity index (χ1) is 15.6. The average Bonchev–Trinajstić information content (AvgIpc) is 3.46. The largest absolute Gasteiger partial charge is 0.493 e. The lowest BCUT2D eigenvalue weighted by atomic mass is 10.2. The normalized spacial score (nSPS) is 13.8. The summed E-state index contributed by atoms with van der Waals surface area (Å²) >= 11 is 0. The number of carbonyl (C=O) groups is 1. The third kappa shape index (κ3) is 5.51. The molecule has 3 aromatic rings. The molecule has 1 amide bonds. The Morgan fingerprint density at radius 1 is 1.03 bits per heavy atom. The Hall–Kier alpha value is -3.25. The van der Waals surface area contributed by atoms with E-state index in [2.05, 4.69) is 33.4 Å². The molecule has 1 saturated carbocycles. The number of benzene rings is 2. The summed E-state index contributed by atoms with van der Waals surface area (Å²) < 4.78 is 13.9. The summed E-state index contributed by atoms with van der Waals surface area (Å²) in [4.78, 5) is 11.2. The fourth-order valence-electron chi connectivity index (χ4n) is 4.16. The number of hydrogen-bond donors (Lipinski definition) is 2. The second-order valence-electron chi connectivity index (χ2n) is 8.21. The number of methoxy groups -OCH3 is 1. The van der Waals surface area contributed by atoms with E-state index in [0.717, 1.165) is 60.1 Å². The van der Waals surface area contributed by atoms with Crippen LogP contribution in [0.2, 0.25) is 0 Å². The van der Waals surface area contributed by atoms with Gasteiger partial charge in [-0.05, 0) is 79.8 Å². The molecule has 6 heteroatoms. The van der Waals surface area contributed by atoms with E-state index in [1.165, 1.54) is 19.8 Å². The van der Waals surface area contributed by atoms with Crippen molar-refractivity contribution in [3.8, 4) is 17.2 Å². The number of nitrogens with one attached hydrogen (secondary N) is 2. The first-order valence-electron chi connectivity index (χ1n) is 11.2. The summed E-state index contributed by atoms with van der Waals surface area (Å²) in [5.41, 5.74) is 4.17. The molecule has 0 spiro atoms. The monoisotopic (exact) mass is 433 g/mol. The van der Waals surface area contributed by atoms with Crippen LogP contribution >= 0.6 is 0 Å². The molecule has 6 nitrogen and oxygen atoms in total. The molecule has 4 rings (SSSR count). The van der Waals surface area contributed by atoms with Crippen LogP contribution in [0.1, 0.15) is 43.9 Å². The van der Waals surface area contributed by atoms with E-state index in [0.29, 0.717) is 6.10 Å². The van der Waals surface area contributed by atoms with Gasteiger partial charge in [-0.15, -0.1) is 0 Å². The van der Waals surface area contributed by atoms with Gasteiger partial charge < -0.3 is 24.7 Å². The first kappa shape index (κ1) is 22.0. The highest BCUT2D eigenvalue weighted by atomic mass is 16.5. The summed E-state index contributed by atoms with van der Waals surface area (Å²) in [7, 11) is 1.69. The summed E-state index contributed by atoms with van der Waals surface area (Å²) in [6.45, 7) is 2.97. The maximum absolute atomic E-state index is 11.2. The lowest BCUT2D eigenvalue weighted by Crippen LogP contribution is -2.16. The van der Waals surface area contributed by atoms with E-state index in [-0.39, 0.29) is 5.91 Å².